The number of para-hydroxylation sites is 1. The molecule has 0 atom stereocenters. The van der Waals surface area contributed by atoms with E-state index in [9.17, 15) is 0 Å². The lowest BCUT2D eigenvalue weighted by Crippen LogP contribution is -2.17. The quantitative estimate of drug-likeness (QED) is 0.158. The summed E-state index contributed by atoms with van der Waals surface area (Å²) in [7, 11) is 0. The molecule has 0 radical (unpaired) electrons. The van der Waals surface area contributed by atoms with Crippen molar-refractivity contribution in [1.29, 1.82) is 0 Å². The summed E-state index contributed by atoms with van der Waals surface area (Å²) in [5.41, 5.74) is 18.3. The number of fused-ring (bicyclic) bond motifs is 6. The molecular formula is C54H38N2. The van der Waals surface area contributed by atoms with Crippen molar-refractivity contribution in [3.8, 4) is 22.3 Å². The Morgan fingerprint density at radius 1 is 0.357 bits per heavy atom. The van der Waals surface area contributed by atoms with Gasteiger partial charge in [0, 0.05) is 34.1 Å². The van der Waals surface area contributed by atoms with Crippen LogP contribution in [0.5, 0.6) is 0 Å². The molecule has 0 heterocycles. The molecule has 0 saturated carbocycles. The van der Waals surface area contributed by atoms with Gasteiger partial charge < -0.3 is 9.80 Å². The Morgan fingerprint density at radius 3 is 1.38 bits per heavy atom. The maximum atomic E-state index is 2.50. The number of nitrogens with zero attached hydrogens (tertiary/aromatic N) is 2. The number of rotatable bonds is 6. The average molecular weight is 715 g/mol. The van der Waals surface area contributed by atoms with E-state index in [-0.39, 0.29) is 0 Å². The van der Waals surface area contributed by atoms with Gasteiger partial charge in [-0.2, -0.15) is 0 Å². The summed E-state index contributed by atoms with van der Waals surface area (Å²) >= 11 is 0. The summed E-state index contributed by atoms with van der Waals surface area (Å²) < 4.78 is 0. The van der Waals surface area contributed by atoms with Gasteiger partial charge in [-0.3, -0.25) is 0 Å². The highest BCUT2D eigenvalue weighted by molar-refractivity contribution is 6.24. The van der Waals surface area contributed by atoms with E-state index in [1.54, 1.807) is 0 Å². The van der Waals surface area contributed by atoms with Crippen LogP contribution in [0.4, 0.5) is 28.4 Å². The molecule has 3 aliphatic rings. The maximum absolute atomic E-state index is 2.50. The Hall–Kier alpha value is -6.90. The Labute approximate surface area is 327 Å². The van der Waals surface area contributed by atoms with E-state index in [1.165, 1.54) is 99.6 Å². The van der Waals surface area contributed by atoms with Crippen molar-refractivity contribution >= 4 is 60.8 Å². The fourth-order valence-electron chi connectivity index (χ4n) is 9.85. The number of allylic oxidation sites excluding steroid dienone is 4. The molecule has 0 N–H and O–H groups in total. The second kappa shape index (κ2) is 12.3. The van der Waals surface area contributed by atoms with Gasteiger partial charge in [0.25, 0.3) is 0 Å². The Kier molecular flexibility index (Phi) is 6.91. The van der Waals surface area contributed by atoms with Crippen LogP contribution in [0.15, 0.2) is 188 Å². The predicted molar refractivity (Wildman–Crippen MR) is 236 cm³/mol. The molecule has 0 bridgehead atoms. The molecule has 9 aromatic carbocycles. The van der Waals surface area contributed by atoms with E-state index in [4.69, 9.17) is 0 Å². The van der Waals surface area contributed by atoms with Gasteiger partial charge in [-0.1, -0.05) is 115 Å². The van der Waals surface area contributed by atoms with Crippen molar-refractivity contribution in [3.63, 3.8) is 0 Å². The third-order valence-electron chi connectivity index (χ3n) is 12.4. The molecule has 2 heteroatoms. The second-order valence-corrected chi connectivity index (χ2v) is 15.6. The molecule has 0 unspecified atom stereocenters. The molecule has 3 aliphatic carbocycles. The van der Waals surface area contributed by atoms with Gasteiger partial charge in [0.2, 0.25) is 0 Å². The van der Waals surface area contributed by atoms with E-state index < -0.39 is 0 Å². The van der Waals surface area contributed by atoms with Crippen molar-refractivity contribution in [2.45, 2.75) is 25.7 Å². The minimum atomic E-state index is 0.993. The smallest absolute Gasteiger partial charge is 0.0473 e. The molecule has 0 aromatic heterocycles. The van der Waals surface area contributed by atoms with Crippen molar-refractivity contribution in [3.05, 3.63) is 210 Å². The molecule has 0 saturated heterocycles. The van der Waals surface area contributed by atoms with Crippen LogP contribution in [-0.2, 0) is 12.8 Å². The third-order valence-corrected chi connectivity index (χ3v) is 12.4. The maximum Gasteiger partial charge on any atom is 0.0473 e. The summed E-state index contributed by atoms with van der Waals surface area (Å²) in [5, 5.41) is 7.70. The first-order chi connectivity index (χ1) is 27.7. The molecule has 264 valence electrons. The standard InChI is InChI=1S/C54H38N2/c1-3-13-43(14-4-1)55(45-25-23-37-27-35-11-7-9-17-49(35)51(37)33-45)47-29-39-19-21-41-31-48(32-42-22-20-40(30-47)53(39)54(41)42)56(44-15-5-2-6-16-44)46-26-24-38-28-36-12-8-10-18-50(36)52(38)34-46/h1-5,7-15,17-26,29-34H,6,16,27-28H2. The zero-order chi connectivity index (χ0) is 36.7. The van der Waals surface area contributed by atoms with E-state index in [0.29, 0.717) is 0 Å². The van der Waals surface area contributed by atoms with Crippen molar-refractivity contribution in [2.75, 3.05) is 9.80 Å². The van der Waals surface area contributed by atoms with Gasteiger partial charge in [0.1, 0.15) is 0 Å². The van der Waals surface area contributed by atoms with Crippen LogP contribution in [0.3, 0.4) is 0 Å². The lowest BCUT2D eigenvalue weighted by Gasteiger charge is -2.30. The third kappa shape index (κ3) is 4.89. The van der Waals surface area contributed by atoms with Gasteiger partial charge in [0.15, 0.2) is 0 Å². The number of hydrogen-bond donors (Lipinski definition) is 0. The minimum absolute atomic E-state index is 0.993. The molecule has 56 heavy (non-hydrogen) atoms. The van der Waals surface area contributed by atoms with E-state index in [1.807, 2.05) is 0 Å². The van der Waals surface area contributed by atoms with Crippen LogP contribution in [-0.4, -0.2) is 0 Å². The Bertz CT molecular complexity index is 3030. The zero-order valence-corrected chi connectivity index (χ0v) is 31.0. The van der Waals surface area contributed by atoms with Crippen LogP contribution < -0.4 is 9.80 Å². The van der Waals surface area contributed by atoms with E-state index >= 15 is 0 Å². The molecule has 0 amide bonds. The predicted octanol–water partition coefficient (Wildman–Crippen LogP) is 14.6. The number of hydrogen-bond acceptors (Lipinski definition) is 2. The van der Waals surface area contributed by atoms with Gasteiger partial charge in [-0.15, -0.1) is 0 Å². The molecule has 0 aliphatic heterocycles. The summed E-state index contributed by atoms with van der Waals surface area (Å²) in [6.45, 7) is 0. The summed E-state index contributed by atoms with van der Waals surface area (Å²) in [6.07, 6.45) is 10.8. The van der Waals surface area contributed by atoms with Crippen molar-refractivity contribution in [1.82, 2.24) is 0 Å². The zero-order valence-electron chi connectivity index (χ0n) is 31.0. The molecule has 0 fully saturated rings. The largest absolute Gasteiger partial charge is 0.314 e. The summed E-state index contributed by atoms with van der Waals surface area (Å²) in [5.74, 6) is 0. The normalized spacial score (nSPS) is 13.8. The van der Waals surface area contributed by atoms with Crippen LogP contribution in [0.2, 0.25) is 0 Å². The van der Waals surface area contributed by atoms with Crippen LogP contribution in [0, 0.1) is 0 Å². The highest BCUT2D eigenvalue weighted by atomic mass is 15.2. The molecule has 12 rings (SSSR count). The fraction of sp³-hybridized carbons (Fsp3) is 0.0741. The molecular weight excluding hydrogens is 677 g/mol. The SMILES string of the molecule is C1=CCCC(N(c2ccc3c(c2)-c2ccccc2C3)c2cc3ccc4cc(N(c5ccccc5)c5ccc6c(c5)-c5ccccc5C6)cc5ccc(c2)c3c45)=C1. The first kappa shape index (κ1) is 31.5. The summed E-state index contributed by atoms with van der Waals surface area (Å²) in [4.78, 5) is 4.93. The van der Waals surface area contributed by atoms with E-state index in [2.05, 4.69) is 192 Å². The topological polar surface area (TPSA) is 6.48 Å². The van der Waals surface area contributed by atoms with Gasteiger partial charge in [-0.05, 0) is 169 Å². The number of benzene rings is 9. The minimum Gasteiger partial charge on any atom is -0.314 e. The monoisotopic (exact) mass is 714 g/mol. The van der Waals surface area contributed by atoms with Crippen LogP contribution in [0.25, 0.3) is 54.6 Å². The van der Waals surface area contributed by atoms with Gasteiger partial charge >= 0.3 is 0 Å². The van der Waals surface area contributed by atoms with E-state index in [0.717, 1.165) is 37.1 Å². The van der Waals surface area contributed by atoms with Gasteiger partial charge in [0.05, 0.1) is 0 Å². The lowest BCUT2D eigenvalue weighted by atomic mass is 9.92. The Balaban J connectivity index is 0.997. The van der Waals surface area contributed by atoms with Crippen molar-refractivity contribution < 1.29 is 0 Å². The van der Waals surface area contributed by atoms with Crippen molar-refractivity contribution in [2.24, 2.45) is 0 Å². The highest BCUT2D eigenvalue weighted by Gasteiger charge is 2.25. The number of anilines is 5. The molecule has 0 spiro atoms. The van der Waals surface area contributed by atoms with Crippen LogP contribution in [0.1, 0.15) is 35.1 Å². The fourth-order valence-corrected chi connectivity index (χ4v) is 9.85. The summed E-state index contributed by atoms with van der Waals surface area (Å²) in [6, 6.07) is 61.6. The van der Waals surface area contributed by atoms with Crippen LogP contribution >= 0.6 is 0 Å². The first-order valence-corrected chi connectivity index (χ1v) is 19.9. The molecule has 9 aromatic rings. The second-order valence-electron chi connectivity index (χ2n) is 15.6. The Morgan fingerprint density at radius 2 is 0.839 bits per heavy atom. The first-order valence-electron chi connectivity index (χ1n) is 19.9. The lowest BCUT2D eigenvalue weighted by molar-refractivity contribution is 0.918. The molecule has 2 nitrogen and oxygen atoms in total. The highest BCUT2D eigenvalue weighted by Crippen LogP contribution is 2.47. The van der Waals surface area contributed by atoms with Gasteiger partial charge in [-0.25, -0.2) is 0 Å². The average Bonchev–Trinajstić information content (AvgIpc) is 3.82.